The van der Waals surface area contributed by atoms with Gasteiger partial charge in [0.15, 0.2) is 6.10 Å². The first kappa shape index (κ1) is 68.6. The molecule has 0 N–H and O–H groups in total. The molecule has 0 spiro atoms. The maximum absolute atomic E-state index is 12.8. The van der Waals surface area contributed by atoms with Gasteiger partial charge in [-0.25, -0.2) is 0 Å². The van der Waals surface area contributed by atoms with Crippen LogP contribution in [0.4, 0.5) is 0 Å². The molecule has 0 fully saturated rings. The Kier molecular flexibility index (Phi) is 58.2. The van der Waals surface area contributed by atoms with E-state index in [0.29, 0.717) is 19.3 Å². The number of allylic oxidation sites excluding steroid dienone is 6. The molecule has 0 rings (SSSR count). The van der Waals surface area contributed by atoms with Crippen molar-refractivity contribution in [1.82, 2.24) is 0 Å². The van der Waals surface area contributed by atoms with Gasteiger partial charge >= 0.3 is 17.9 Å². The van der Waals surface area contributed by atoms with Gasteiger partial charge < -0.3 is 14.2 Å². The SMILES string of the molecule is CCCCCCC/C=C\C/C=C\C/C=C\CCCCCCCCCCCCCCCCCCC(=O)OCC(COC(=O)CCCCCCC)OC(=O)CCCCCCCCCCCCCCCCCCC. The molecule has 0 aliphatic rings. The Hall–Kier alpha value is -2.37. The van der Waals surface area contributed by atoms with E-state index in [1.807, 2.05) is 0 Å². The van der Waals surface area contributed by atoms with Gasteiger partial charge in [0.1, 0.15) is 13.2 Å². The molecule has 71 heavy (non-hydrogen) atoms. The minimum atomic E-state index is -0.764. The van der Waals surface area contributed by atoms with Crippen molar-refractivity contribution >= 4 is 17.9 Å². The summed E-state index contributed by atoms with van der Waals surface area (Å²) in [6.07, 6.45) is 73.5. The molecule has 0 aliphatic heterocycles. The minimum absolute atomic E-state index is 0.0672. The number of ether oxygens (including phenoxy) is 3. The molecule has 0 aromatic rings. The molecule has 0 aromatic heterocycles. The quantitative estimate of drug-likeness (QED) is 0.0261. The third-order valence-electron chi connectivity index (χ3n) is 14.1. The molecule has 0 aromatic carbocycles. The van der Waals surface area contributed by atoms with Gasteiger partial charge in [0.2, 0.25) is 0 Å². The van der Waals surface area contributed by atoms with E-state index < -0.39 is 6.10 Å². The second-order valence-corrected chi connectivity index (χ2v) is 21.3. The predicted molar refractivity (Wildman–Crippen MR) is 307 cm³/mol. The van der Waals surface area contributed by atoms with Crippen molar-refractivity contribution in [1.29, 1.82) is 0 Å². The summed E-state index contributed by atoms with van der Waals surface area (Å²) in [5.74, 6) is -0.861. The Morgan fingerprint density at radius 2 is 0.507 bits per heavy atom. The molecule has 416 valence electrons. The summed E-state index contributed by atoms with van der Waals surface area (Å²) >= 11 is 0. The van der Waals surface area contributed by atoms with E-state index in [4.69, 9.17) is 14.2 Å². The average Bonchev–Trinajstić information content (AvgIpc) is 3.37. The van der Waals surface area contributed by atoms with Crippen LogP contribution in [0.2, 0.25) is 0 Å². The third kappa shape index (κ3) is 58.4. The molecule has 0 heterocycles. The fourth-order valence-corrected chi connectivity index (χ4v) is 9.39. The van der Waals surface area contributed by atoms with Crippen LogP contribution in [0, 0.1) is 0 Å². The number of rotatable bonds is 58. The number of carbonyl (C=O) groups is 3. The van der Waals surface area contributed by atoms with Gasteiger partial charge in [0.05, 0.1) is 0 Å². The second-order valence-electron chi connectivity index (χ2n) is 21.3. The molecule has 0 radical (unpaired) electrons. The van der Waals surface area contributed by atoms with Gasteiger partial charge in [-0.2, -0.15) is 0 Å². The van der Waals surface area contributed by atoms with Gasteiger partial charge in [0.25, 0.3) is 0 Å². The van der Waals surface area contributed by atoms with Gasteiger partial charge in [-0.05, 0) is 57.8 Å². The van der Waals surface area contributed by atoms with Gasteiger partial charge in [-0.1, -0.05) is 301 Å². The van der Waals surface area contributed by atoms with Crippen LogP contribution in [0.1, 0.15) is 342 Å². The van der Waals surface area contributed by atoms with E-state index in [2.05, 4.69) is 57.2 Å². The molecule has 0 saturated carbocycles. The van der Waals surface area contributed by atoms with Gasteiger partial charge in [-0.3, -0.25) is 14.4 Å². The van der Waals surface area contributed by atoms with Crippen molar-refractivity contribution in [2.75, 3.05) is 13.2 Å². The largest absolute Gasteiger partial charge is 0.462 e. The van der Waals surface area contributed by atoms with Gasteiger partial charge in [-0.15, -0.1) is 0 Å². The Balaban J connectivity index is 3.94. The maximum atomic E-state index is 12.8. The van der Waals surface area contributed by atoms with Crippen LogP contribution in [-0.2, 0) is 28.6 Å². The second kappa shape index (κ2) is 60.2. The highest BCUT2D eigenvalue weighted by molar-refractivity contribution is 5.71. The average molecular weight is 998 g/mol. The lowest BCUT2D eigenvalue weighted by Crippen LogP contribution is -2.30. The Labute approximate surface area is 442 Å². The first-order valence-electron chi connectivity index (χ1n) is 31.5. The summed E-state index contributed by atoms with van der Waals surface area (Å²) in [5.41, 5.74) is 0. The van der Waals surface area contributed by atoms with E-state index in [1.54, 1.807) is 0 Å². The zero-order valence-corrected chi connectivity index (χ0v) is 47.8. The van der Waals surface area contributed by atoms with Crippen LogP contribution in [0.5, 0.6) is 0 Å². The van der Waals surface area contributed by atoms with Crippen LogP contribution in [0.15, 0.2) is 36.5 Å². The monoisotopic (exact) mass is 997 g/mol. The van der Waals surface area contributed by atoms with Crippen molar-refractivity contribution in [2.24, 2.45) is 0 Å². The van der Waals surface area contributed by atoms with Crippen LogP contribution in [0.3, 0.4) is 0 Å². The number of esters is 3. The molecule has 0 amide bonds. The van der Waals surface area contributed by atoms with Crippen molar-refractivity contribution < 1.29 is 28.6 Å². The van der Waals surface area contributed by atoms with Crippen LogP contribution in [0.25, 0.3) is 0 Å². The summed E-state index contributed by atoms with van der Waals surface area (Å²) in [5, 5.41) is 0. The molecule has 1 atom stereocenters. The summed E-state index contributed by atoms with van der Waals surface area (Å²) in [4.78, 5) is 37.8. The van der Waals surface area contributed by atoms with Crippen LogP contribution in [-0.4, -0.2) is 37.2 Å². The summed E-state index contributed by atoms with van der Waals surface area (Å²) in [7, 11) is 0. The molecule has 0 aliphatic carbocycles. The predicted octanol–water partition coefficient (Wildman–Crippen LogP) is 21.2. The lowest BCUT2D eigenvalue weighted by Gasteiger charge is -2.18. The Morgan fingerprint density at radius 1 is 0.282 bits per heavy atom. The summed E-state index contributed by atoms with van der Waals surface area (Å²) in [6, 6.07) is 0. The Bertz CT molecular complexity index is 1190. The molecule has 6 nitrogen and oxygen atoms in total. The number of hydrogen-bond acceptors (Lipinski definition) is 6. The van der Waals surface area contributed by atoms with Crippen molar-refractivity contribution in [3.63, 3.8) is 0 Å². The number of hydrogen-bond donors (Lipinski definition) is 0. The molecular weight excluding hydrogens is 877 g/mol. The van der Waals surface area contributed by atoms with E-state index >= 15 is 0 Å². The van der Waals surface area contributed by atoms with Gasteiger partial charge in [0, 0.05) is 19.3 Å². The maximum Gasteiger partial charge on any atom is 0.306 e. The first-order chi connectivity index (χ1) is 35.0. The fraction of sp³-hybridized carbons (Fsp3) is 0.862. The van der Waals surface area contributed by atoms with Crippen molar-refractivity contribution in [2.45, 2.75) is 348 Å². The standard InChI is InChI=1S/C65H120O6/c1-4-7-10-13-15-17-19-21-23-25-26-27-28-29-30-31-32-33-34-35-36-37-38-40-41-43-45-47-49-52-55-58-64(67)70-61-62(60-69-63(66)57-54-51-12-9-6-3)71-65(68)59-56-53-50-48-46-44-42-39-24-22-20-18-16-14-11-8-5-2/h19,21,25-26,28-29,62H,4-18,20,22-24,27,30-61H2,1-3H3/b21-19-,26-25-,29-28-. The van der Waals surface area contributed by atoms with E-state index in [9.17, 15) is 14.4 Å². The van der Waals surface area contributed by atoms with Crippen molar-refractivity contribution in [3.8, 4) is 0 Å². The number of unbranched alkanes of at least 4 members (excludes halogenated alkanes) is 41. The zero-order valence-electron chi connectivity index (χ0n) is 47.8. The minimum Gasteiger partial charge on any atom is -0.462 e. The summed E-state index contributed by atoms with van der Waals surface area (Å²) in [6.45, 7) is 6.59. The highest BCUT2D eigenvalue weighted by atomic mass is 16.6. The highest BCUT2D eigenvalue weighted by Crippen LogP contribution is 2.17. The smallest absolute Gasteiger partial charge is 0.306 e. The topological polar surface area (TPSA) is 78.9 Å². The first-order valence-corrected chi connectivity index (χ1v) is 31.5. The van der Waals surface area contributed by atoms with E-state index in [1.165, 1.54) is 225 Å². The highest BCUT2D eigenvalue weighted by Gasteiger charge is 2.19. The summed E-state index contributed by atoms with van der Waals surface area (Å²) < 4.78 is 16.8. The fourth-order valence-electron chi connectivity index (χ4n) is 9.39. The molecule has 6 heteroatoms. The van der Waals surface area contributed by atoms with E-state index in [-0.39, 0.29) is 31.1 Å². The lowest BCUT2D eigenvalue weighted by atomic mass is 10.0. The van der Waals surface area contributed by atoms with Crippen LogP contribution >= 0.6 is 0 Å². The van der Waals surface area contributed by atoms with E-state index in [0.717, 1.165) is 77.0 Å². The molecular formula is C65H120O6. The molecule has 1 unspecified atom stereocenters. The van der Waals surface area contributed by atoms with Crippen LogP contribution < -0.4 is 0 Å². The molecule has 0 saturated heterocycles. The normalized spacial score (nSPS) is 12.2. The lowest BCUT2D eigenvalue weighted by molar-refractivity contribution is -0.167. The number of carbonyl (C=O) groups excluding carboxylic acids is 3. The molecule has 0 bridgehead atoms. The zero-order chi connectivity index (χ0) is 51.4. The van der Waals surface area contributed by atoms with Crippen molar-refractivity contribution in [3.05, 3.63) is 36.5 Å². The Morgan fingerprint density at radius 3 is 0.789 bits per heavy atom. The third-order valence-corrected chi connectivity index (χ3v) is 14.1.